The van der Waals surface area contributed by atoms with E-state index in [4.69, 9.17) is 25.8 Å². The van der Waals surface area contributed by atoms with Gasteiger partial charge in [-0.3, -0.25) is 9.59 Å². The van der Waals surface area contributed by atoms with Gasteiger partial charge >= 0.3 is 0 Å². The summed E-state index contributed by atoms with van der Waals surface area (Å²) in [5, 5.41) is 0.643. The second-order valence-corrected chi connectivity index (χ2v) is 10.0. The average Bonchev–Trinajstić information content (AvgIpc) is 2.82. The van der Waals surface area contributed by atoms with E-state index in [0.717, 1.165) is 24.0 Å². The highest BCUT2D eigenvalue weighted by Crippen LogP contribution is 2.50. The van der Waals surface area contributed by atoms with Gasteiger partial charge in [0.2, 0.25) is 0 Å². The van der Waals surface area contributed by atoms with Crippen molar-refractivity contribution in [2.75, 3.05) is 7.11 Å². The van der Waals surface area contributed by atoms with E-state index in [1.807, 2.05) is 36.4 Å². The number of Topliss-reactive ketones (excluding diaryl/α,β-unsaturated/α-hetero) is 2. The van der Waals surface area contributed by atoms with E-state index in [1.165, 1.54) is 0 Å². The van der Waals surface area contributed by atoms with Gasteiger partial charge < -0.3 is 14.2 Å². The van der Waals surface area contributed by atoms with E-state index in [1.54, 1.807) is 7.11 Å². The van der Waals surface area contributed by atoms with Gasteiger partial charge in [0.25, 0.3) is 0 Å². The van der Waals surface area contributed by atoms with Crippen molar-refractivity contribution in [3.05, 3.63) is 79.7 Å². The van der Waals surface area contributed by atoms with Gasteiger partial charge in [0, 0.05) is 47.8 Å². The van der Waals surface area contributed by atoms with Crippen molar-refractivity contribution in [2.45, 2.75) is 51.0 Å². The van der Waals surface area contributed by atoms with E-state index < -0.39 is 5.92 Å². The number of allylic oxidation sites excluding steroid dienone is 4. The summed E-state index contributed by atoms with van der Waals surface area (Å²) < 4.78 is 18.6. The van der Waals surface area contributed by atoms with E-state index in [-0.39, 0.29) is 11.6 Å². The molecule has 176 valence electrons. The fourth-order valence-corrected chi connectivity index (χ4v) is 5.77. The topological polar surface area (TPSA) is 61.8 Å². The number of hydrogen-bond acceptors (Lipinski definition) is 5. The molecular weight excluding hydrogens is 520 g/mol. The Bertz CT molecular complexity index is 1200. The zero-order valence-electron chi connectivity index (χ0n) is 18.8. The highest BCUT2D eigenvalue weighted by Gasteiger charge is 2.42. The maximum atomic E-state index is 13.0. The summed E-state index contributed by atoms with van der Waals surface area (Å²) in [5.41, 5.74) is 2.97. The van der Waals surface area contributed by atoms with Gasteiger partial charge in [-0.2, -0.15) is 0 Å². The largest absolute Gasteiger partial charge is 0.493 e. The quantitative estimate of drug-likeness (QED) is 0.414. The Morgan fingerprint density at radius 3 is 2.29 bits per heavy atom. The van der Waals surface area contributed by atoms with Crippen LogP contribution in [-0.4, -0.2) is 18.7 Å². The molecule has 2 aromatic carbocycles. The molecule has 3 aliphatic rings. The first-order valence-electron chi connectivity index (χ1n) is 11.4. The molecule has 0 N–H and O–H groups in total. The first-order valence-corrected chi connectivity index (χ1v) is 12.6. The number of ether oxygens (including phenoxy) is 3. The molecule has 7 heteroatoms. The molecule has 0 fully saturated rings. The molecule has 0 bridgehead atoms. The predicted molar refractivity (Wildman–Crippen MR) is 132 cm³/mol. The van der Waals surface area contributed by atoms with Crippen molar-refractivity contribution in [1.82, 2.24) is 0 Å². The van der Waals surface area contributed by atoms with Crippen LogP contribution in [0.4, 0.5) is 0 Å². The first kappa shape index (κ1) is 23.2. The Labute approximate surface area is 211 Å². The van der Waals surface area contributed by atoms with Gasteiger partial charge in [-0.15, -0.1) is 0 Å². The van der Waals surface area contributed by atoms with E-state index in [0.29, 0.717) is 75.9 Å². The van der Waals surface area contributed by atoms with Gasteiger partial charge in [-0.05, 0) is 64.2 Å². The number of methoxy groups -OCH3 is 1. The Balaban J connectivity index is 1.56. The van der Waals surface area contributed by atoms with Crippen molar-refractivity contribution in [2.24, 2.45) is 0 Å². The SMILES string of the molecule is COc1cc(C2C3=C(CCCC3=O)OC3=C2C(=O)CCC3)cc(Br)c1OCc1cccc(Cl)c1. The van der Waals surface area contributed by atoms with Gasteiger partial charge in [0.05, 0.1) is 11.6 Å². The number of hydrogen-bond donors (Lipinski definition) is 0. The van der Waals surface area contributed by atoms with Crippen molar-refractivity contribution in [3.63, 3.8) is 0 Å². The molecule has 0 spiro atoms. The lowest BCUT2D eigenvalue weighted by atomic mass is 9.73. The van der Waals surface area contributed by atoms with E-state index >= 15 is 0 Å². The molecule has 0 amide bonds. The molecule has 5 nitrogen and oxygen atoms in total. The van der Waals surface area contributed by atoms with Crippen LogP contribution in [0.2, 0.25) is 5.02 Å². The fraction of sp³-hybridized carbons (Fsp3) is 0.333. The number of carbonyl (C=O) groups is 2. The lowest BCUT2D eigenvalue weighted by molar-refractivity contribution is -0.117. The fourth-order valence-electron chi connectivity index (χ4n) is 4.98. The Morgan fingerprint density at radius 2 is 1.68 bits per heavy atom. The highest BCUT2D eigenvalue weighted by atomic mass is 79.9. The highest BCUT2D eigenvalue weighted by molar-refractivity contribution is 9.10. The van der Waals surface area contributed by atoms with Crippen molar-refractivity contribution < 1.29 is 23.8 Å². The van der Waals surface area contributed by atoms with Crippen LogP contribution in [0.5, 0.6) is 11.5 Å². The van der Waals surface area contributed by atoms with Crippen LogP contribution in [0.15, 0.2) is 63.5 Å². The number of carbonyl (C=O) groups excluding carboxylic acids is 2. The summed E-state index contributed by atoms with van der Waals surface area (Å²) in [7, 11) is 1.58. The summed E-state index contributed by atoms with van der Waals surface area (Å²) in [4.78, 5) is 26.1. The Morgan fingerprint density at radius 1 is 1.00 bits per heavy atom. The second-order valence-electron chi connectivity index (χ2n) is 8.71. The Hall–Kier alpha value is -2.57. The number of benzene rings is 2. The van der Waals surface area contributed by atoms with Crippen molar-refractivity contribution >= 4 is 39.1 Å². The molecule has 5 rings (SSSR count). The van der Waals surface area contributed by atoms with Crippen molar-refractivity contribution in [3.8, 4) is 11.5 Å². The van der Waals surface area contributed by atoms with Crippen LogP contribution >= 0.6 is 27.5 Å². The number of ketones is 2. The minimum atomic E-state index is -0.452. The maximum absolute atomic E-state index is 13.0. The molecule has 0 atom stereocenters. The third-order valence-electron chi connectivity index (χ3n) is 6.50. The number of halogens is 2. The zero-order valence-corrected chi connectivity index (χ0v) is 21.1. The van der Waals surface area contributed by atoms with Crippen LogP contribution in [-0.2, 0) is 20.9 Å². The maximum Gasteiger partial charge on any atom is 0.175 e. The van der Waals surface area contributed by atoms with Crippen molar-refractivity contribution in [1.29, 1.82) is 0 Å². The molecular formula is C27H24BrClO5. The molecule has 0 aromatic heterocycles. The summed E-state index contributed by atoms with van der Waals surface area (Å²) in [6.07, 6.45) is 3.89. The first-order chi connectivity index (χ1) is 16.5. The summed E-state index contributed by atoms with van der Waals surface area (Å²) in [6, 6.07) is 11.3. The van der Waals surface area contributed by atoms with Crippen LogP contribution in [0.25, 0.3) is 0 Å². The lowest BCUT2D eigenvalue weighted by Crippen LogP contribution is -2.30. The smallest absolute Gasteiger partial charge is 0.175 e. The van der Waals surface area contributed by atoms with Gasteiger partial charge in [-0.1, -0.05) is 23.7 Å². The molecule has 34 heavy (non-hydrogen) atoms. The van der Waals surface area contributed by atoms with E-state index in [2.05, 4.69) is 15.9 Å². The molecule has 0 saturated heterocycles. The minimum Gasteiger partial charge on any atom is -0.493 e. The molecule has 0 unspecified atom stereocenters. The Kier molecular flexibility index (Phi) is 6.54. The predicted octanol–water partition coefficient (Wildman–Crippen LogP) is 6.82. The van der Waals surface area contributed by atoms with Crippen LogP contribution in [0.1, 0.15) is 55.6 Å². The van der Waals surface area contributed by atoms with Gasteiger partial charge in [0.1, 0.15) is 18.1 Å². The second kappa shape index (κ2) is 9.59. The summed E-state index contributed by atoms with van der Waals surface area (Å²) in [5.74, 6) is 2.14. The zero-order chi connectivity index (χ0) is 23.8. The van der Waals surface area contributed by atoms with Gasteiger partial charge in [0.15, 0.2) is 23.1 Å². The number of rotatable bonds is 5. The normalized spacial score (nSPS) is 18.4. The summed E-state index contributed by atoms with van der Waals surface area (Å²) in [6.45, 7) is 0.313. The molecule has 2 aromatic rings. The molecule has 0 radical (unpaired) electrons. The molecule has 1 aliphatic heterocycles. The molecule has 0 saturated carbocycles. The molecule has 1 heterocycles. The van der Waals surface area contributed by atoms with E-state index in [9.17, 15) is 9.59 Å². The van der Waals surface area contributed by atoms with Crippen LogP contribution < -0.4 is 9.47 Å². The standard InChI is InChI=1S/C27H24BrClO5/c1-32-23-13-16(12-18(28)27(23)33-14-15-5-2-6-17(29)11-15)24-25-19(30)7-3-9-21(25)34-22-10-4-8-20(31)26(22)24/h2,5-6,11-13,24H,3-4,7-10,14H2,1H3. The third kappa shape index (κ3) is 4.29. The third-order valence-corrected chi connectivity index (χ3v) is 7.32. The monoisotopic (exact) mass is 542 g/mol. The van der Waals surface area contributed by atoms with Crippen LogP contribution in [0, 0.1) is 0 Å². The molecule has 2 aliphatic carbocycles. The lowest BCUT2D eigenvalue weighted by Gasteiger charge is -2.36. The summed E-state index contributed by atoms with van der Waals surface area (Å²) >= 11 is 9.73. The van der Waals surface area contributed by atoms with Gasteiger partial charge in [-0.25, -0.2) is 0 Å². The average molecular weight is 544 g/mol. The minimum absolute atomic E-state index is 0.0487. The van der Waals surface area contributed by atoms with Crippen LogP contribution in [0.3, 0.4) is 0 Å².